The fourth-order valence-electron chi connectivity index (χ4n) is 4.16. The molecule has 0 saturated carbocycles. The number of aryl methyl sites for hydroxylation is 1. The van der Waals surface area contributed by atoms with Crippen molar-refractivity contribution in [2.45, 2.75) is 42.3 Å². The van der Waals surface area contributed by atoms with E-state index < -0.39 is 4.92 Å². The minimum absolute atomic E-state index is 0.0484. The summed E-state index contributed by atoms with van der Waals surface area (Å²) >= 11 is 2.67. The van der Waals surface area contributed by atoms with Crippen LogP contribution < -0.4 is 5.32 Å². The number of hydrogen-bond acceptors (Lipinski definition) is 8. The van der Waals surface area contributed by atoms with Gasteiger partial charge in [-0.1, -0.05) is 36.4 Å². The van der Waals surface area contributed by atoms with Crippen molar-refractivity contribution in [2.24, 2.45) is 4.99 Å². The van der Waals surface area contributed by atoms with Crippen LogP contribution in [0, 0.1) is 10.1 Å². The molecule has 0 bridgehead atoms. The molecule has 0 radical (unpaired) electrons. The normalized spacial score (nSPS) is 12.9. The van der Waals surface area contributed by atoms with Crippen molar-refractivity contribution >= 4 is 45.9 Å². The summed E-state index contributed by atoms with van der Waals surface area (Å²) in [6, 6.07) is 16.4. The number of nitro groups is 1. The first kappa shape index (κ1) is 24.8. The lowest BCUT2D eigenvalue weighted by Gasteiger charge is -2.12. The SMILES string of the molecule is O=C(NCc1ccccc1)c1c(N=Cc2ccc(Sc3ncccn3)c([N+](=O)[O-])c2)sc2c1CCCC2. The summed E-state index contributed by atoms with van der Waals surface area (Å²) in [7, 11) is 0. The van der Waals surface area contributed by atoms with Gasteiger partial charge < -0.3 is 5.32 Å². The minimum Gasteiger partial charge on any atom is -0.348 e. The largest absolute Gasteiger partial charge is 0.348 e. The summed E-state index contributed by atoms with van der Waals surface area (Å²) in [6.07, 6.45) is 8.71. The standard InChI is InChI=1S/C27H23N5O3S2/c33-25(30-16-18-7-2-1-3-8-18)24-20-9-4-5-10-22(20)36-26(24)31-17-19-11-12-23(21(15-19)32(34)35)37-27-28-13-6-14-29-27/h1-3,6-8,11-15,17H,4-5,9-10,16H2,(H,30,33). The van der Waals surface area contributed by atoms with E-state index in [0.29, 0.717) is 32.7 Å². The molecule has 37 heavy (non-hydrogen) atoms. The molecule has 1 N–H and O–H groups in total. The van der Waals surface area contributed by atoms with Crippen molar-refractivity contribution in [3.8, 4) is 0 Å². The molecule has 0 fully saturated rings. The number of carbonyl (C=O) groups is 1. The van der Waals surface area contributed by atoms with Crippen LogP contribution in [0.2, 0.25) is 0 Å². The Kier molecular flexibility index (Phi) is 7.67. The van der Waals surface area contributed by atoms with Crippen LogP contribution in [0.1, 0.15) is 44.8 Å². The zero-order valence-corrected chi connectivity index (χ0v) is 21.4. The summed E-state index contributed by atoms with van der Waals surface area (Å²) in [4.78, 5) is 39.2. The lowest BCUT2D eigenvalue weighted by Crippen LogP contribution is -2.24. The number of nitrogens with zero attached hydrogens (tertiary/aromatic N) is 4. The first-order valence-corrected chi connectivity index (χ1v) is 13.5. The summed E-state index contributed by atoms with van der Waals surface area (Å²) in [6.45, 7) is 0.434. The molecule has 2 aromatic heterocycles. The van der Waals surface area contributed by atoms with Gasteiger partial charge in [0.25, 0.3) is 11.6 Å². The molecule has 0 atom stereocenters. The number of aliphatic imine (C=N–C) groups is 1. The number of carbonyl (C=O) groups excluding carboxylic acids is 1. The van der Waals surface area contributed by atoms with Gasteiger partial charge in [-0.3, -0.25) is 14.9 Å². The van der Waals surface area contributed by atoms with Gasteiger partial charge in [-0.05, 0) is 66.3 Å². The number of aromatic nitrogens is 2. The third-order valence-corrected chi connectivity index (χ3v) is 8.09. The van der Waals surface area contributed by atoms with Crippen molar-refractivity contribution in [1.29, 1.82) is 0 Å². The van der Waals surface area contributed by atoms with Gasteiger partial charge >= 0.3 is 0 Å². The highest BCUT2D eigenvalue weighted by Crippen LogP contribution is 2.40. The first-order valence-electron chi connectivity index (χ1n) is 11.8. The minimum atomic E-state index is -0.422. The quantitative estimate of drug-likeness (QED) is 0.127. The van der Waals surface area contributed by atoms with Gasteiger partial charge in [0.15, 0.2) is 5.16 Å². The second-order valence-electron chi connectivity index (χ2n) is 8.44. The van der Waals surface area contributed by atoms with Gasteiger partial charge in [-0.15, -0.1) is 11.3 Å². The van der Waals surface area contributed by atoms with E-state index in [1.165, 1.54) is 22.3 Å². The molecular formula is C27H23N5O3S2. The van der Waals surface area contributed by atoms with E-state index >= 15 is 0 Å². The van der Waals surface area contributed by atoms with Crippen molar-refractivity contribution in [2.75, 3.05) is 0 Å². The Morgan fingerprint density at radius 1 is 1.11 bits per heavy atom. The van der Waals surface area contributed by atoms with Crippen LogP contribution in [-0.2, 0) is 19.4 Å². The van der Waals surface area contributed by atoms with Gasteiger partial charge in [0.05, 0.1) is 15.4 Å². The van der Waals surface area contributed by atoms with Gasteiger partial charge in [0.1, 0.15) is 5.00 Å². The Morgan fingerprint density at radius 3 is 2.68 bits per heavy atom. The molecule has 2 heterocycles. The maximum absolute atomic E-state index is 13.3. The molecule has 4 aromatic rings. The van der Waals surface area contributed by atoms with Crippen molar-refractivity contribution in [3.63, 3.8) is 0 Å². The Balaban J connectivity index is 1.41. The molecule has 0 aliphatic heterocycles. The Labute approximate surface area is 222 Å². The number of nitro benzene ring substituents is 1. The van der Waals surface area contributed by atoms with Crippen LogP contribution in [0.25, 0.3) is 0 Å². The van der Waals surface area contributed by atoms with Gasteiger partial charge in [-0.2, -0.15) is 0 Å². The molecule has 2 aromatic carbocycles. The van der Waals surface area contributed by atoms with E-state index in [0.717, 1.165) is 48.6 Å². The number of nitrogens with one attached hydrogen (secondary N) is 1. The zero-order valence-electron chi connectivity index (χ0n) is 19.8. The van der Waals surface area contributed by atoms with Crippen molar-refractivity contribution in [1.82, 2.24) is 15.3 Å². The average molecular weight is 530 g/mol. The highest BCUT2D eigenvalue weighted by Gasteiger charge is 2.25. The average Bonchev–Trinajstić information content (AvgIpc) is 3.31. The molecule has 1 aliphatic carbocycles. The lowest BCUT2D eigenvalue weighted by atomic mass is 9.95. The Hall–Kier alpha value is -3.89. The summed E-state index contributed by atoms with van der Waals surface area (Å²) in [5.74, 6) is -0.143. The number of amides is 1. The monoisotopic (exact) mass is 529 g/mol. The number of rotatable bonds is 8. The molecule has 5 rings (SSSR count). The van der Waals surface area contributed by atoms with Crippen molar-refractivity contribution < 1.29 is 9.72 Å². The second-order valence-corrected chi connectivity index (χ2v) is 10.5. The summed E-state index contributed by atoms with van der Waals surface area (Å²) in [5, 5.41) is 15.9. The maximum atomic E-state index is 13.3. The highest BCUT2D eigenvalue weighted by atomic mass is 32.2. The molecule has 1 aliphatic rings. The maximum Gasteiger partial charge on any atom is 0.283 e. The fourth-order valence-corrected chi connectivity index (χ4v) is 6.18. The molecule has 0 unspecified atom stereocenters. The van der Waals surface area contributed by atoms with Gasteiger partial charge in [0, 0.05) is 36.1 Å². The predicted octanol–water partition coefficient (Wildman–Crippen LogP) is 6.16. The van der Waals surface area contributed by atoms with Crippen LogP contribution in [0.3, 0.4) is 0 Å². The summed E-state index contributed by atoms with van der Waals surface area (Å²) in [5.41, 5.74) is 3.25. The smallest absolute Gasteiger partial charge is 0.283 e. The first-order chi connectivity index (χ1) is 18.1. The van der Waals surface area contributed by atoms with E-state index in [1.54, 1.807) is 36.8 Å². The Bertz CT molecular complexity index is 1460. The second kappa shape index (κ2) is 11.4. The molecular weight excluding hydrogens is 506 g/mol. The van der Waals surface area contributed by atoms with Crippen LogP contribution in [0.4, 0.5) is 10.7 Å². The molecule has 0 spiro atoms. The summed E-state index contributed by atoms with van der Waals surface area (Å²) < 4.78 is 0. The van der Waals surface area contributed by atoms with Crippen LogP contribution in [0.15, 0.2) is 82.0 Å². The van der Waals surface area contributed by atoms with Crippen LogP contribution in [0.5, 0.6) is 0 Å². The molecule has 186 valence electrons. The van der Waals surface area contributed by atoms with E-state index in [4.69, 9.17) is 0 Å². The van der Waals surface area contributed by atoms with Gasteiger partial charge in [0.2, 0.25) is 0 Å². The molecule has 0 saturated heterocycles. The zero-order chi connectivity index (χ0) is 25.6. The third kappa shape index (κ3) is 5.92. The molecule has 8 nitrogen and oxygen atoms in total. The molecule has 10 heteroatoms. The molecule has 1 amide bonds. The fraction of sp³-hybridized carbons (Fsp3) is 0.185. The number of thiophene rings is 1. The van der Waals surface area contributed by atoms with Crippen molar-refractivity contribution in [3.05, 3.63) is 104 Å². The predicted molar refractivity (Wildman–Crippen MR) is 145 cm³/mol. The van der Waals surface area contributed by atoms with Gasteiger partial charge in [-0.25, -0.2) is 15.0 Å². The van der Waals surface area contributed by atoms with E-state index in [2.05, 4.69) is 20.3 Å². The van der Waals surface area contributed by atoms with Crippen LogP contribution >= 0.6 is 23.1 Å². The number of hydrogen-bond donors (Lipinski definition) is 1. The Morgan fingerprint density at radius 2 is 1.89 bits per heavy atom. The third-order valence-electron chi connectivity index (χ3n) is 5.93. The van der Waals surface area contributed by atoms with E-state index in [-0.39, 0.29) is 11.6 Å². The van der Waals surface area contributed by atoms with Crippen LogP contribution in [-0.4, -0.2) is 27.0 Å². The lowest BCUT2D eigenvalue weighted by molar-refractivity contribution is -0.387. The van der Waals surface area contributed by atoms with E-state index in [1.807, 2.05) is 30.3 Å². The van der Waals surface area contributed by atoms with E-state index in [9.17, 15) is 14.9 Å². The number of benzene rings is 2. The highest BCUT2D eigenvalue weighted by molar-refractivity contribution is 7.99. The number of fused-ring (bicyclic) bond motifs is 1. The topological polar surface area (TPSA) is 110 Å².